The molecule has 3 amide bonds. The van der Waals surface area contributed by atoms with E-state index in [-0.39, 0.29) is 17.0 Å². The van der Waals surface area contributed by atoms with E-state index in [1.807, 2.05) is 12.1 Å². The first-order valence-corrected chi connectivity index (χ1v) is 12.7. The van der Waals surface area contributed by atoms with Crippen molar-refractivity contribution in [2.24, 2.45) is 0 Å². The van der Waals surface area contributed by atoms with Crippen molar-refractivity contribution >= 4 is 35.2 Å². The standard InChI is InChI=1S/C32H31N3O5/c1-32(2,3)23-14-10-21(11-15-23)29(36)33-24-7-5-8-25(19-24)34-31(38)28(20-27-9-6-18-40-27)35-30(37)22-12-16-26(39-4)17-13-22/h5-20H,1-4H3,(H,33,36)(H,34,38)(H,35,37)/b28-20-. The number of hydrogen-bond acceptors (Lipinski definition) is 5. The third-order valence-electron chi connectivity index (χ3n) is 6.07. The molecule has 4 aromatic rings. The Morgan fingerprint density at radius 2 is 1.40 bits per heavy atom. The zero-order chi connectivity index (χ0) is 28.7. The minimum absolute atomic E-state index is 0.0140. The van der Waals surface area contributed by atoms with Crippen molar-refractivity contribution in [3.63, 3.8) is 0 Å². The Balaban J connectivity index is 1.48. The maximum absolute atomic E-state index is 13.2. The Bertz CT molecular complexity index is 1510. The third kappa shape index (κ3) is 7.26. The molecule has 204 valence electrons. The molecule has 0 aliphatic heterocycles. The molecule has 0 aliphatic rings. The van der Waals surface area contributed by atoms with Crippen LogP contribution >= 0.6 is 0 Å². The van der Waals surface area contributed by atoms with Crippen molar-refractivity contribution in [3.8, 4) is 5.75 Å². The van der Waals surface area contributed by atoms with Crippen LogP contribution in [0.5, 0.6) is 5.75 Å². The van der Waals surface area contributed by atoms with Gasteiger partial charge < -0.3 is 25.1 Å². The number of rotatable bonds is 8. The fraction of sp³-hybridized carbons (Fsp3) is 0.156. The van der Waals surface area contributed by atoms with Crippen LogP contribution in [0.3, 0.4) is 0 Å². The Morgan fingerprint density at radius 3 is 2.00 bits per heavy atom. The van der Waals surface area contributed by atoms with E-state index in [9.17, 15) is 14.4 Å². The molecule has 1 heterocycles. The molecule has 8 nitrogen and oxygen atoms in total. The van der Waals surface area contributed by atoms with Gasteiger partial charge in [0.05, 0.1) is 13.4 Å². The molecule has 0 aliphatic carbocycles. The summed E-state index contributed by atoms with van der Waals surface area (Å²) in [5, 5.41) is 8.28. The van der Waals surface area contributed by atoms with Crippen LogP contribution in [0.1, 0.15) is 52.8 Å². The van der Waals surface area contributed by atoms with Gasteiger partial charge in [0.15, 0.2) is 0 Å². The monoisotopic (exact) mass is 537 g/mol. The molecule has 40 heavy (non-hydrogen) atoms. The molecular weight excluding hydrogens is 506 g/mol. The number of carbonyl (C=O) groups is 3. The zero-order valence-corrected chi connectivity index (χ0v) is 22.8. The first-order valence-electron chi connectivity index (χ1n) is 12.7. The Labute approximate surface area is 233 Å². The predicted molar refractivity (Wildman–Crippen MR) is 155 cm³/mol. The molecule has 0 saturated carbocycles. The van der Waals surface area contributed by atoms with Gasteiger partial charge in [0.2, 0.25) is 0 Å². The number of ether oxygens (including phenoxy) is 1. The third-order valence-corrected chi connectivity index (χ3v) is 6.07. The fourth-order valence-corrected chi connectivity index (χ4v) is 3.81. The zero-order valence-electron chi connectivity index (χ0n) is 22.8. The lowest BCUT2D eigenvalue weighted by molar-refractivity contribution is -0.113. The van der Waals surface area contributed by atoms with Gasteiger partial charge in [-0.1, -0.05) is 39.0 Å². The lowest BCUT2D eigenvalue weighted by Crippen LogP contribution is -2.30. The van der Waals surface area contributed by atoms with Crippen LogP contribution in [0, 0.1) is 0 Å². The summed E-state index contributed by atoms with van der Waals surface area (Å²) in [5.41, 5.74) is 2.89. The molecule has 8 heteroatoms. The predicted octanol–water partition coefficient (Wildman–Crippen LogP) is 6.25. The lowest BCUT2D eigenvalue weighted by atomic mass is 9.87. The summed E-state index contributed by atoms with van der Waals surface area (Å²) < 4.78 is 10.5. The molecule has 0 fully saturated rings. The van der Waals surface area contributed by atoms with Crippen LogP contribution in [0.2, 0.25) is 0 Å². The number of furan rings is 1. The van der Waals surface area contributed by atoms with Gasteiger partial charge in [-0.25, -0.2) is 0 Å². The number of methoxy groups -OCH3 is 1. The summed E-state index contributed by atoms with van der Waals surface area (Å²) >= 11 is 0. The van der Waals surface area contributed by atoms with Crippen LogP contribution in [-0.4, -0.2) is 24.8 Å². The summed E-state index contributed by atoms with van der Waals surface area (Å²) in [6, 6.07) is 24.1. The molecule has 0 saturated heterocycles. The first kappa shape index (κ1) is 27.9. The van der Waals surface area contributed by atoms with Gasteiger partial charge >= 0.3 is 0 Å². The summed E-state index contributed by atoms with van der Waals surface area (Å²) in [6.45, 7) is 6.34. The van der Waals surface area contributed by atoms with E-state index in [0.717, 1.165) is 5.56 Å². The summed E-state index contributed by atoms with van der Waals surface area (Å²) in [6.07, 6.45) is 2.90. The maximum atomic E-state index is 13.2. The van der Waals surface area contributed by atoms with E-state index in [1.54, 1.807) is 72.8 Å². The summed E-state index contributed by atoms with van der Waals surface area (Å²) in [5.74, 6) is -0.323. The van der Waals surface area contributed by atoms with E-state index in [2.05, 4.69) is 36.7 Å². The minimum atomic E-state index is -0.570. The highest BCUT2D eigenvalue weighted by Gasteiger charge is 2.17. The molecule has 1 aromatic heterocycles. The molecule has 0 radical (unpaired) electrons. The SMILES string of the molecule is COc1ccc(C(=O)N/C(=C\c2ccco2)C(=O)Nc2cccc(NC(=O)c3ccc(C(C)(C)C)cc3)c2)cc1. The van der Waals surface area contributed by atoms with E-state index in [1.165, 1.54) is 19.4 Å². The van der Waals surface area contributed by atoms with Gasteiger partial charge in [0.25, 0.3) is 17.7 Å². The van der Waals surface area contributed by atoms with Crippen molar-refractivity contribution in [1.82, 2.24) is 5.32 Å². The van der Waals surface area contributed by atoms with Crippen LogP contribution < -0.4 is 20.7 Å². The van der Waals surface area contributed by atoms with Crippen molar-refractivity contribution < 1.29 is 23.5 Å². The largest absolute Gasteiger partial charge is 0.497 e. The quantitative estimate of drug-likeness (QED) is 0.230. The van der Waals surface area contributed by atoms with Gasteiger partial charge in [-0.05, 0) is 77.7 Å². The highest BCUT2D eigenvalue weighted by Crippen LogP contribution is 2.23. The van der Waals surface area contributed by atoms with E-state index < -0.39 is 11.8 Å². The van der Waals surface area contributed by atoms with Gasteiger partial charge in [0.1, 0.15) is 17.2 Å². The normalized spacial score (nSPS) is 11.4. The van der Waals surface area contributed by atoms with E-state index >= 15 is 0 Å². The van der Waals surface area contributed by atoms with Gasteiger partial charge in [-0.15, -0.1) is 0 Å². The fourth-order valence-electron chi connectivity index (χ4n) is 3.81. The molecule has 0 atom stereocenters. The van der Waals surface area contributed by atoms with Crippen LogP contribution in [0.25, 0.3) is 6.08 Å². The lowest BCUT2D eigenvalue weighted by Gasteiger charge is -2.19. The van der Waals surface area contributed by atoms with Crippen molar-refractivity contribution in [1.29, 1.82) is 0 Å². The number of amides is 3. The Morgan fingerprint density at radius 1 is 0.775 bits per heavy atom. The number of carbonyl (C=O) groups excluding carboxylic acids is 3. The van der Waals surface area contributed by atoms with Crippen molar-refractivity contribution in [2.75, 3.05) is 17.7 Å². The second-order valence-electron chi connectivity index (χ2n) is 10.1. The average Bonchev–Trinajstić information content (AvgIpc) is 3.45. The second-order valence-corrected chi connectivity index (χ2v) is 10.1. The second kappa shape index (κ2) is 12.2. The van der Waals surface area contributed by atoms with Crippen molar-refractivity contribution in [3.05, 3.63) is 119 Å². The summed E-state index contributed by atoms with van der Waals surface area (Å²) in [4.78, 5) is 38.9. The van der Waals surface area contributed by atoms with E-state index in [0.29, 0.717) is 34.0 Å². The molecular formula is C32H31N3O5. The van der Waals surface area contributed by atoms with E-state index in [4.69, 9.17) is 9.15 Å². The molecule has 0 spiro atoms. The molecule has 0 bridgehead atoms. The smallest absolute Gasteiger partial charge is 0.272 e. The highest BCUT2D eigenvalue weighted by atomic mass is 16.5. The van der Waals surface area contributed by atoms with Gasteiger partial charge in [-0.3, -0.25) is 14.4 Å². The molecule has 4 rings (SSSR count). The topological polar surface area (TPSA) is 110 Å². The number of anilines is 2. The Kier molecular flexibility index (Phi) is 8.49. The highest BCUT2D eigenvalue weighted by molar-refractivity contribution is 6.11. The molecule has 0 unspecified atom stereocenters. The van der Waals surface area contributed by atoms with Crippen LogP contribution in [0.15, 0.2) is 101 Å². The molecule has 3 aromatic carbocycles. The van der Waals surface area contributed by atoms with Crippen LogP contribution in [-0.2, 0) is 10.2 Å². The maximum Gasteiger partial charge on any atom is 0.272 e. The Hall–Kier alpha value is -5.11. The van der Waals surface area contributed by atoms with Gasteiger partial charge in [-0.2, -0.15) is 0 Å². The number of benzene rings is 3. The van der Waals surface area contributed by atoms with Crippen LogP contribution in [0.4, 0.5) is 11.4 Å². The van der Waals surface area contributed by atoms with Gasteiger partial charge in [0, 0.05) is 28.6 Å². The summed E-state index contributed by atoms with van der Waals surface area (Å²) in [7, 11) is 1.54. The molecule has 3 N–H and O–H groups in total. The minimum Gasteiger partial charge on any atom is -0.497 e. The number of nitrogens with one attached hydrogen (secondary N) is 3. The first-order chi connectivity index (χ1) is 19.1. The number of hydrogen-bond donors (Lipinski definition) is 3. The van der Waals surface area contributed by atoms with Crippen molar-refractivity contribution in [2.45, 2.75) is 26.2 Å². The average molecular weight is 538 g/mol.